The summed E-state index contributed by atoms with van der Waals surface area (Å²) in [5, 5.41) is 7.14. The molecule has 0 radical (unpaired) electrons. The molecule has 0 aliphatic heterocycles. The average molecular weight is 278 g/mol. The highest BCUT2D eigenvalue weighted by atomic mass is 79.9. The molecule has 0 saturated carbocycles. The molecule has 16 heavy (non-hydrogen) atoms. The molecule has 1 nitrogen and oxygen atoms in total. The van der Waals surface area contributed by atoms with E-state index in [4.69, 9.17) is 0 Å². The summed E-state index contributed by atoms with van der Waals surface area (Å²) in [5.74, 6) is 0. The number of hydrogen-bond donors (Lipinski definition) is 1. The average Bonchev–Trinajstić information content (AvgIpc) is 2.35. The molecule has 0 spiro atoms. The van der Waals surface area contributed by atoms with Gasteiger partial charge in [-0.05, 0) is 23.3 Å². The van der Waals surface area contributed by atoms with Crippen LogP contribution in [0.4, 0.5) is 0 Å². The molecule has 0 aliphatic rings. The Hall–Kier alpha value is -0.860. The van der Waals surface area contributed by atoms with E-state index >= 15 is 0 Å². The van der Waals surface area contributed by atoms with Crippen molar-refractivity contribution in [3.63, 3.8) is 0 Å². The van der Waals surface area contributed by atoms with Crippen LogP contribution in [0.3, 0.4) is 0 Å². The van der Waals surface area contributed by atoms with E-state index in [-0.39, 0.29) is 0 Å². The summed E-state index contributed by atoms with van der Waals surface area (Å²) in [4.78, 5) is 0. The first-order valence-corrected chi connectivity index (χ1v) is 6.69. The van der Waals surface area contributed by atoms with Crippen LogP contribution in [-0.2, 0) is 6.54 Å². The minimum atomic E-state index is 0.499. The van der Waals surface area contributed by atoms with Crippen molar-refractivity contribution in [3.8, 4) is 0 Å². The number of alkyl halides is 1. The van der Waals surface area contributed by atoms with Crippen LogP contribution in [0.25, 0.3) is 10.8 Å². The SMILES string of the molecule is CC(CBr)NCc1cccc2ccccc12. The van der Waals surface area contributed by atoms with Gasteiger partial charge in [-0.25, -0.2) is 0 Å². The van der Waals surface area contributed by atoms with Crippen LogP contribution >= 0.6 is 15.9 Å². The van der Waals surface area contributed by atoms with E-state index in [9.17, 15) is 0 Å². The molecule has 2 aromatic carbocycles. The molecule has 0 saturated heterocycles. The highest BCUT2D eigenvalue weighted by Gasteiger charge is 2.02. The third-order valence-corrected chi connectivity index (χ3v) is 3.72. The minimum absolute atomic E-state index is 0.499. The maximum absolute atomic E-state index is 3.49. The van der Waals surface area contributed by atoms with E-state index in [0.29, 0.717) is 6.04 Å². The quantitative estimate of drug-likeness (QED) is 0.841. The van der Waals surface area contributed by atoms with Gasteiger partial charge in [0.2, 0.25) is 0 Å². The van der Waals surface area contributed by atoms with E-state index < -0.39 is 0 Å². The fourth-order valence-electron chi connectivity index (χ4n) is 1.79. The van der Waals surface area contributed by atoms with Crippen molar-refractivity contribution in [3.05, 3.63) is 48.0 Å². The van der Waals surface area contributed by atoms with E-state index in [1.165, 1.54) is 16.3 Å². The molecule has 0 fully saturated rings. The van der Waals surface area contributed by atoms with Crippen molar-refractivity contribution in [2.45, 2.75) is 19.5 Å². The molecule has 1 unspecified atom stereocenters. The van der Waals surface area contributed by atoms with Crippen LogP contribution in [0.5, 0.6) is 0 Å². The highest BCUT2D eigenvalue weighted by Crippen LogP contribution is 2.18. The van der Waals surface area contributed by atoms with Gasteiger partial charge in [0.15, 0.2) is 0 Å². The van der Waals surface area contributed by atoms with Gasteiger partial charge in [-0.15, -0.1) is 0 Å². The van der Waals surface area contributed by atoms with Crippen molar-refractivity contribution >= 4 is 26.7 Å². The number of rotatable bonds is 4. The number of nitrogens with one attached hydrogen (secondary N) is 1. The lowest BCUT2D eigenvalue weighted by atomic mass is 10.0. The Bertz CT molecular complexity index is 462. The largest absolute Gasteiger partial charge is 0.309 e. The molecule has 0 aliphatic carbocycles. The number of fused-ring (bicyclic) bond motifs is 1. The summed E-state index contributed by atoms with van der Waals surface area (Å²) < 4.78 is 0. The Morgan fingerprint density at radius 1 is 1.12 bits per heavy atom. The Morgan fingerprint density at radius 2 is 1.88 bits per heavy atom. The van der Waals surface area contributed by atoms with Crippen LogP contribution < -0.4 is 5.32 Å². The fraction of sp³-hybridized carbons (Fsp3) is 0.286. The molecule has 2 rings (SSSR count). The summed E-state index contributed by atoms with van der Waals surface area (Å²) >= 11 is 3.48. The van der Waals surface area contributed by atoms with Gasteiger partial charge >= 0.3 is 0 Å². The number of hydrogen-bond acceptors (Lipinski definition) is 1. The second-order valence-electron chi connectivity index (χ2n) is 4.07. The lowest BCUT2D eigenvalue weighted by Crippen LogP contribution is -2.26. The van der Waals surface area contributed by atoms with E-state index in [2.05, 4.69) is 70.6 Å². The van der Waals surface area contributed by atoms with Crippen LogP contribution in [0.2, 0.25) is 0 Å². The smallest absolute Gasteiger partial charge is 0.0214 e. The van der Waals surface area contributed by atoms with Crippen molar-refractivity contribution in [2.75, 3.05) is 5.33 Å². The van der Waals surface area contributed by atoms with Crippen LogP contribution in [0, 0.1) is 0 Å². The van der Waals surface area contributed by atoms with Crippen molar-refractivity contribution < 1.29 is 0 Å². The monoisotopic (exact) mass is 277 g/mol. The zero-order chi connectivity index (χ0) is 11.4. The lowest BCUT2D eigenvalue weighted by Gasteiger charge is -2.12. The first kappa shape index (κ1) is 11.6. The zero-order valence-corrected chi connectivity index (χ0v) is 11.0. The molecule has 0 bridgehead atoms. The van der Waals surface area contributed by atoms with Crippen LogP contribution in [0.1, 0.15) is 12.5 Å². The van der Waals surface area contributed by atoms with Gasteiger partial charge in [0.1, 0.15) is 0 Å². The predicted octanol–water partition coefficient (Wildman–Crippen LogP) is 3.71. The van der Waals surface area contributed by atoms with Gasteiger partial charge < -0.3 is 5.32 Å². The molecule has 0 aromatic heterocycles. The molecule has 84 valence electrons. The fourth-order valence-corrected chi connectivity index (χ4v) is 2.01. The second kappa shape index (κ2) is 5.46. The minimum Gasteiger partial charge on any atom is -0.309 e. The van der Waals surface area contributed by atoms with E-state index in [1.54, 1.807) is 0 Å². The van der Waals surface area contributed by atoms with Gasteiger partial charge in [0.25, 0.3) is 0 Å². The molecule has 0 heterocycles. The Labute approximate surface area is 105 Å². The number of benzene rings is 2. The summed E-state index contributed by atoms with van der Waals surface area (Å²) in [6.07, 6.45) is 0. The Balaban J connectivity index is 2.23. The molecular formula is C14H16BrN. The summed E-state index contributed by atoms with van der Waals surface area (Å²) in [6, 6.07) is 15.5. The summed E-state index contributed by atoms with van der Waals surface area (Å²) in [7, 11) is 0. The van der Waals surface area contributed by atoms with Gasteiger partial charge in [-0.3, -0.25) is 0 Å². The van der Waals surface area contributed by atoms with E-state index in [1.807, 2.05) is 0 Å². The lowest BCUT2D eigenvalue weighted by molar-refractivity contribution is 0.600. The van der Waals surface area contributed by atoms with E-state index in [0.717, 1.165) is 11.9 Å². The van der Waals surface area contributed by atoms with Crippen LogP contribution in [-0.4, -0.2) is 11.4 Å². The summed E-state index contributed by atoms with van der Waals surface area (Å²) in [5.41, 5.74) is 1.37. The molecule has 0 amide bonds. The van der Waals surface area contributed by atoms with Gasteiger partial charge in [0, 0.05) is 17.9 Å². The molecular weight excluding hydrogens is 262 g/mol. The molecule has 1 N–H and O–H groups in total. The topological polar surface area (TPSA) is 12.0 Å². The maximum Gasteiger partial charge on any atom is 0.0214 e. The van der Waals surface area contributed by atoms with Gasteiger partial charge in [0.05, 0.1) is 0 Å². The standard InChI is InChI=1S/C14H16BrN/c1-11(9-15)16-10-13-7-4-6-12-5-2-3-8-14(12)13/h2-8,11,16H,9-10H2,1H3. The van der Waals surface area contributed by atoms with Crippen LogP contribution in [0.15, 0.2) is 42.5 Å². The second-order valence-corrected chi connectivity index (χ2v) is 4.72. The third-order valence-electron chi connectivity index (χ3n) is 2.75. The first-order valence-electron chi connectivity index (χ1n) is 5.57. The predicted molar refractivity (Wildman–Crippen MR) is 74.0 cm³/mol. The normalized spacial score (nSPS) is 12.9. The van der Waals surface area contributed by atoms with Crippen molar-refractivity contribution in [1.82, 2.24) is 5.32 Å². The van der Waals surface area contributed by atoms with Crippen molar-refractivity contribution in [2.24, 2.45) is 0 Å². The summed E-state index contributed by atoms with van der Waals surface area (Å²) in [6.45, 7) is 3.11. The van der Waals surface area contributed by atoms with Gasteiger partial charge in [-0.2, -0.15) is 0 Å². The highest BCUT2D eigenvalue weighted by molar-refractivity contribution is 9.09. The third kappa shape index (κ3) is 2.63. The molecule has 2 aromatic rings. The van der Waals surface area contributed by atoms with Gasteiger partial charge in [-0.1, -0.05) is 58.4 Å². The Kier molecular flexibility index (Phi) is 3.97. The first-order chi connectivity index (χ1) is 7.81. The molecule has 1 atom stereocenters. The maximum atomic E-state index is 3.49. The van der Waals surface area contributed by atoms with Crippen molar-refractivity contribution in [1.29, 1.82) is 0 Å². The Morgan fingerprint density at radius 3 is 2.69 bits per heavy atom. The zero-order valence-electron chi connectivity index (χ0n) is 9.41. The number of halogens is 1. The molecule has 2 heteroatoms.